The molecular formula is C12H18N2O3S. The molecular weight excluding hydrogens is 252 g/mol. The Bertz CT molecular complexity index is 441. The highest BCUT2D eigenvalue weighted by atomic mass is 32.1. The summed E-state index contributed by atoms with van der Waals surface area (Å²) in [5, 5.41) is 3.14. The van der Waals surface area contributed by atoms with Gasteiger partial charge in [0.2, 0.25) is 5.91 Å². The summed E-state index contributed by atoms with van der Waals surface area (Å²) in [5.41, 5.74) is 0.582. The number of carbonyl (C=O) groups is 2. The SMILES string of the molecule is CCOC(=O)c1sc(NC(=O)CC(C)C)nc1C. The number of nitrogens with zero attached hydrogens (tertiary/aromatic N) is 1. The first-order chi connectivity index (χ1) is 8.43. The van der Waals surface area contributed by atoms with Crippen LogP contribution < -0.4 is 5.32 Å². The van der Waals surface area contributed by atoms with Gasteiger partial charge in [0.1, 0.15) is 4.88 Å². The number of hydrogen-bond acceptors (Lipinski definition) is 5. The molecule has 0 bridgehead atoms. The van der Waals surface area contributed by atoms with Gasteiger partial charge in [-0.2, -0.15) is 0 Å². The van der Waals surface area contributed by atoms with Crippen LogP contribution in [0, 0.1) is 12.8 Å². The molecule has 1 heterocycles. The van der Waals surface area contributed by atoms with Crippen molar-refractivity contribution >= 4 is 28.3 Å². The number of aryl methyl sites for hydroxylation is 1. The Labute approximate surface area is 111 Å². The largest absolute Gasteiger partial charge is 0.462 e. The standard InChI is InChI=1S/C12H18N2O3S/c1-5-17-11(16)10-8(4)13-12(18-10)14-9(15)6-7(2)3/h7H,5-6H2,1-4H3,(H,13,14,15). The fourth-order valence-electron chi connectivity index (χ4n) is 1.38. The number of anilines is 1. The van der Waals surface area contributed by atoms with Gasteiger partial charge in [0.15, 0.2) is 5.13 Å². The van der Waals surface area contributed by atoms with Gasteiger partial charge in [0.25, 0.3) is 0 Å². The van der Waals surface area contributed by atoms with E-state index in [4.69, 9.17) is 4.74 Å². The predicted octanol–water partition coefficient (Wildman–Crippen LogP) is 2.61. The maximum atomic E-state index is 11.6. The third-order valence-corrected chi connectivity index (χ3v) is 3.15. The average Bonchev–Trinajstić information content (AvgIpc) is 2.58. The summed E-state index contributed by atoms with van der Waals surface area (Å²) in [6.07, 6.45) is 0.438. The van der Waals surface area contributed by atoms with E-state index in [2.05, 4.69) is 10.3 Å². The van der Waals surface area contributed by atoms with Gasteiger partial charge in [-0.15, -0.1) is 0 Å². The zero-order valence-electron chi connectivity index (χ0n) is 11.1. The molecule has 0 saturated heterocycles. The lowest BCUT2D eigenvalue weighted by atomic mass is 10.1. The fraction of sp³-hybridized carbons (Fsp3) is 0.583. The number of rotatable bonds is 5. The molecule has 1 N–H and O–H groups in total. The van der Waals surface area contributed by atoms with Crippen molar-refractivity contribution in [2.24, 2.45) is 5.92 Å². The van der Waals surface area contributed by atoms with Gasteiger partial charge < -0.3 is 10.1 Å². The summed E-state index contributed by atoms with van der Waals surface area (Å²) in [6, 6.07) is 0. The Morgan fingerprint density at radius 1 is 1.44 bits per heavy atom. The van der Waals surface area contributed by atoms with Gasteiger partial charge in [-0.1, -0.05) is 25.2 Å². The first-order valence-corrected chi connectivity index (χ1v) is 6.70. The smallest absolute Gasteiger partial charge is 0.350 e. The van der Waals surface area contributed by atoms with E-state index in [9.17, 15) is 9.59 Å². The Morgan fingerprint density at radius 2 is 2.11 bits per heavy atom. The van der Waals surface area contributed by atoms with Crippen molar-refractivity contribution in [3.05, 3.63) is 10.6 Å². The van der Waals surface area contributed by atoms with Gasteiger partial charge >= 0.3 is 5.97 Å². The van der Waals surface area contributed by atoms with Crippen LogP contribution in [0.1, 0.15) is 42.6 Å². The van der Waals surface area contributed by atoms with Crippen LogP contribution in [0.25, 0.3) is 0 Å². The topological polar surface area (TPSA) is 68.3 Å². The van der Waals surface area contributed by atoms with Gasteiger partial charge in [0, 0.05) is 6.42 Å². The van der Waals surface area contributed by atoms with E-state index < -0.39 is 5.97 Å². The average molecular weight is 270 g/mol. The zero-order chi connectivity index (χ0) is 13.7. The van der Waals surface area contributed by atoms with E-state index in [-0.39, 0.29) is 11.8 Å². The molecule has 0 unspecified atom stereocenters. The van der Waals surface area contributed by atoms with Gasteiger partial charge in [0.05, 0.1) is 12.3 Å². The van der Waals surface area contributed by atoms with E-state index in [1.54, 1.807) is 13.8 Å². The second kappa shape index (κ2) is 6.49. The number of aromatic nitrogens is 1. The van der Waals surface area contributed by atoms with Crippen LogP contribution >= 0.6 is 11.3 Å². The molecule has 0 saturated carbocycles. The minimum atomic E-state index is -0.392. The number of carbonyl (C=O) groups excluding carboxylic acids is 2. The second-order valence-electron chi connectivity index (χ2n) is 4.30. The van der Waals surface area contributed by atoms with Crippen molar-refractivity contribution in [3.8, 4) is 0 Å². The first kappa shape index (κ1) is 14.6. The second-order valence-corrected chi connectivity index (χ2v) is 5.30. The van der Waals surface area contributed by atoms with Crippen LogP contribution in [-0.4, -0.2) is 23.5 Å². The quantitative estimate of drug-likeness (QED) is 0.835. The van der Waals surface area contributed by atoms with Crippen LogP contribution in [0.4, 0.5) is 5.13 Å². The van der Waals surface area contributed by atoms with Gasteiger partial charge in [-0.3, -0.25) is 4.79 Å². The minimum absolute atomic E-state index is 0.0887. The molecule has 1 rings (SSSR count). The fourth-order valence-corrected chi connectivity index (χ4v) is 2.25. The summed E-state index contributed by atoms with van der Waals surface area (Å²) < 4.78 is 4.91. The van der Waals surface area contributed by atoms with Crippen molar-refractivity contribution in [1.29, 1.82) is 0 Å². The van der Waals surface area contributed by atoms with E-state index in [1.165, 1.54) is 0 Å². The summed E-state index contributed by atoms with van der Waals surface area (Å²) >= 11 is 1.15. The summed E-state index contributed by atoms with van der Waals surface area (Å²) in [4.78, 5) is 27.7. The van der Waals surface area contributed by atoms with E-state index in [0.29, 0.717) is 28.7 Å². The molecule has 5 nitrogen and oxygen atoms in total. The molecule has 0 aliphatic carbocycles. The molecule has 6 heteroatoms. The Kier molecular flexibility index (Phi) is 5.27. The molecule has 0 aliphatic heterocycles. The lowest BCUT2D eigenvalue weighted by molar-refractivity contribution is -0.116. The number of amides is 1. The van der Waals surface area contributed by atoms with Crippen molar-refractivity contribution in [1.82, 2.24) is 4.98 Å². The lowest BCUT2D eigenvalue weighted by Gasteiger charge is -2.03. The number of ether oxygens (including phenoxy) is 1. The molecule has 0 radical (unpaired) electrons. The molecule has 100 valence electrons. The Hall–Kier alpha value is -1.43. The van der Waals surface area contributed by atoms with Crippen LogP contribution in [0.15, 0.2) is 0 Å². The van der Waals surface area contributed by atoms with Gasteiger partial charge in [-0.25, -0.2) is 9.78 Å². The highest BCUT2D eigenvalue weighted by Gasteiger charge is 2.17. The molecule has 1 aromatic rings. The lowest BCUT2D eigenvalue weighted by Crippen LogP contribution is -2.13. The Balaban J connectivity index is 2.72. The van der Waals surface area contributed by atoms with Crippen molar-refractivity contribution < 1.29 is 14.3 Å². The highest BCUT2D eigenvalue weighted by molar-refractivity contribution is 7.17. The monoisotopic (exact) mass is 270 g/mol. The molecule has 1 aromatic heterocycles. The molecule has 0 fully saturated rings. The van der Waals surface area contributed by atoms with E-state index in [0.717, 1.165) is 11.3 Å². The number of hydrogen-bond donors (Lipinski definition) is 1. The van der Waals surface area contributed by atoms with Crippen LogP contribution in [0.2, 0.25) is 0 Å². The molecule has 0 atom stereocenters. The normalized spacial score (nSPS) is 10.5. The summed E-state index contributed by atoms with van der Waals surface area (Å²) in [5.74, 6) is -0.193. The van der Waals surface area contributed by atoms with E-state index >= 15 is 0 Å². The molecule has 0 aromatic carbocycles. The first-order valence-electron chi connectivity index (χ1n) is 5.88. The third-order valence-electron chi connectivity index (χ3n) is 2.10. The summed E-state index contributed by atoms with van der Waals surface area (Å²) in [7, 11) is 0. The third kappa shape index (κ3) is 4.10. The predicted molar refractivity (Wildman–Crippen MR) is 70.9 cm³/mol. The van der Waals surface area contributed by atoms with Crippen molar-refractivity contribution in [2.75, 3.05) is 11.9 Å². The number of nitrogens with one attached hydrogen (secondary N) is 1. The maximum absolute atomic E-state index is 11.6. The number of esters is 1. The van der Waals surface area contributed by atoms with Crippen molar-refractivity contribution in [2.45, 2.75) is 34.1 Å². The zero-order valence-corrected chi connectivity index (χ0v) is 11.9. The highest BCUT2D eigenvalue weighted by Crippen LogP contribution is 2.23. The molecule has 0 spiro atoms. The minimum Gasteiger partial charge on any atom is -0.462 e. The summed E-state index contributed by atoms with van der Waals surface area (Å²) in [6.45, 7) is 7.74. The molecule has 1 amide bonds. The number of thiazole rings is 1. The maximum Gasteiger partial charge on any atom is 0.350 e. The van der Waals surface area contributed by atoms with Crippen LogP contribution in [0.5, 0.6) is 0 Å². The van der Waals surface area contributed by atoms with Gasteiger partial charge in [-0.05, 0) is 19.8 Å². The Morgan fingerprint density at radius 3 is 2.67 bits per heavy atom. The van der Waals surface area contributed by atoms with Crippen LogP contribution in [0.3, 0.4) is 0 Å². The van der Waals surface area contributed by atoms with Crippen LogP contribution in [-0.2, 0) is 9.53 Å². The molecule has 18 heavy (non-hydrogen) atoms. The van der Waals surface area contributed by atoms with Crippen molar-refractivity contribution in [3.63, 3.8) is 0 Å². The molecule has 0 aliphatic rings. The van der Waals surface area contributed by atoms with E-state index in [1.807, 2.05) is 13.8 Å².